The lowest BCUT2D eigenvalue weighted by molar-refractivity contribution is -0.143. The summed E-state index contributed by atoms with van der Waals surface area (Å²) >= 11 is -2.19. The lowest BCUT2D eigenvalue weighted by atomic mass is 9.82. The monoisotopic (exact) mass is 593 g/mol. The molecule has 2 amide bonds. The summed E-state index contributed by atoms with van der Waals surface area (Å²) in [6.45, 7) is 2.41. The zero-order chi connectivity index (χ0) is 29.5. The molecule has 1 unspecified atom stereocenters. The van der Waals surface area contributed by atoms with Crippen LogP contribution in [0.2, 0.25) is 0 Å². The Balaban J connectivity index is 1.51. The van der Waals surface area contributed by atoms with Gasteiger partial charge in [0.05, 0.1) is 17.7 Å². The number of carbonyl (C=O) groups is 2. The quantitative estimate of drug-likeness (QED) is 0.329. The number of carbonyl (C=O) groups excluding carboxylic acids is 2. The minimum atomic E-state index is -5.11. The second kappa shape index (κ2) is 13.5. The first-order valence-electron chi connectivity index (χ1n) is 12.5. The molecule has 1 atom stereocenters. The van der Waals surface area contributed by atoms with Crippen LogP contribution < -0.4 is 10.0 Å². The molecule has 1 fully saturated rings. The lowest BCUT2D eigenvalue weighted by Crippen LogP contribution is -2.41. The molecule has 0 heterocycles. The van der Waals surface area contributed by atoms with Crippen molar-refractivity contribution in [1.29, 1.82) is 0 Å². The molecule has 0 aromatic heterocycles. The third kappa shape index (κ3) is 9.22. The van der Waals surface area contributed by atoms with Crippen LogP contribution in [0.3, 0.4) is 0 Å². The Hall–Kier alpha value is -3.13. The van der Waals surface area contributed by atoms with E-state index in [1.54, 1.807) is 31.2 Å². The van der Waals surface area contributed by atoms with E-state index in [9.17, 15) is 40.1 Å². The van der Waals surface area contributed by atoms with Crippen LogP contribution in [0.4, 0.5) is 36.8 Å². The molecule has 0 aliphatic heterocycles. The highest BCUT2D eigenvalue weighted by atomic mass is 32.2. The van der Waals surface area contributed by atoms with Crippen LogP contribution in [0.5, 0.6) is 0 Å². The molecule has 0 radical (unpaired) electrons. The first-order chi connectivity index (χ1) is 18.8. The zero-order valence-electron chi connectivity index (χ0n) is 21.5. The molecule has 3 rings (SSSR count). The normalized spacial score (nSPS) is 18.7. The van der Waals surface area contributed by atoms with Gasteiger partial charge in [0.25, 0.3) is 5.91 Å². The van der Waals surface area contributed by atoms with Crippen LogP contribution >= 0.6 is 0 Å². The summed E-state index contributed by atoms with van der Waals surface area (Å²) in [6.07, 6.45) is -7.85. The van der Waals surface area contributed by atoms with Crippen molar-refractivity contribution in [2.75, 3.05) is 25.0 Å². The van der Waals surface area contributed by atoms with Crippen LogP contribution in [0, 0.1) is 11.8 Å². The van der Waals surface area contributed by atoms with E-state index >= 15 is 0 Å². The second-order valence-electron chi connectivity index (χ2n) is 9.43. The Kier molecular flexibility index (Phi) is 10.6. The van der Waals surface area contributed by atoms with E-state index in [2.05, 4.69) is 5.32 Å². The van der Waals surface area contributed by atoms with Crippen LogP contribution in [0.25, 0.3) is 0 Å². The predicted molar refractivity (Wildman–Crippen MR) is 136 cm³/mol. The average Bonchev–Trinajstić information content (AvgIpc) is 2.90. The lowest BCUT2D eigenvalue weighted by Gasteiger charge is -2.31. The van der Waals surface area contributed by atoms with E-state index in [0.29, 0.717) is 24.4 Å². The number of para-hydroxylation sites is 1. The number of benzene rings is 2. The summed E-state index contributed by atoms with van der Waals surface area (Å²) in [6, 6.07) is 9.36. The largest absolute Gasteiger partial charge is 0.449 e. The van der Waals surface area contributed by atoms with Crippen LogP contribution in [0.15, 0.2) is 48.5 Å². The Bertz CT molecular complexity index is 1150. The number of amides is 2. The third-order valence-electron chi connectivity index (χ3n) is 6.52. The second-order valence-corrected chi connectivity index (χ2v) is 10.7. The van der Waals surface area contributed by atoms with Crippen LogP contribution in [0.1, 0.15) is 54.1 Å². The van der Waals surface area contributed by atoms with E-state index in [0.717, 1.165) is 25.7 Å². The van der Waals surface area contributed by atoms with Gasteiger partial charge in [-0.2, -0.15) is 26.3 Å². The standard InChI is InChI=1S/C26H29F6N3O4S/c1-2-35(15-17-8-10-18(11-9-17)16-39-24(37)33-22-6-4-3-5-7-22)40(38)34-23(36)19-12-20(25(27,28)29)14-21(13-19)26(30,31)32/h3-7,12-14,17-18H,2,8-11,15-16H2,1H3,(H,33,37)(H,34,36). The summed E-state index contributed by atoms with van der Waals surface area (Å²) in [5, 5.41) is 2.64. The maximum atomic E-state index is 13.1. The molecule has 1 saturated carbocycles. The van der Waals surface area contributed by atoms with Gasteiger partial charge >= 0.3 is 18.4 Å². The molecule has 220 valence electrons. The molecule has 1 aliphatic carbocycles. The maximum Gasteiger partial charge on any atom is 0.416 e. The van der Waals surface area contributed by atoms with Crippen molar-refractivity contribution < 1.29 is 44.9 Å². The average molecular weight is 594 g/mol. The molecule has 2 aromatic rings. The van der Waals surface area contributed by atoms with Crippen molar-refractivity contribution in [2.45, 2.75) is 45.0 Å². The van der Waals surface area contributed by atoms with Crippen LogP contribution in [-0.4, -0.2) is 40.2 Å². The number of anilines is 1. The third-order valence-corrected chi connectivity index (χ3v) is 7.75. The number of alkyl halides is 6. The van der Waals surface area contributed by atoms with Gasteiger partial charge in [-0.1, -0.05) is 25.1 Å². The van der Waals surface area contributed by atoms with E-state index in [1.165, 1.54) is 4.31 Å². The molecule has 2 aromatic carbocycles. The van der Waals surface area contributed by atoms with E-state index in [4.69, 9.17) is 4.74 Å². The number of nitrogens with one attached hydrogen (secondary N) is 2. The summed E-state index contributed by atoms with van der Waals surface area (Å²) < 4.78 is 100. The fourth-order valence-corrected chi connectivity index (χ4v) is 5.33. The molecule has 0 saturated heterocycles. The van der Waals surface area contributed by atoms with Gasteiger partial charge in [0.2, 0.25) is 0 Å². The molecular weight excluding hydrogens is 564 g/mol. The highest BCUT2D eigenvalue weighted by molar-refractivity contribution is 7.81. The number of hydrogen-bond donors (Lipinski definition) is 2. The van der Waals surface area contributed by atoms with E-state index in [-0.39, 0.29) is 31.1 Å². The number of rotatable bonds is 9. The van der Waals surface area contributed by atoms with Crippen molar-refractivity contribution in [3.05, 3.63) is 65.2 Å². The molecule has 0 bridgehead atoms. The Morgan fingerprint density at radius 3 is 2.00 bits per heavy atom. The highest BCUT2D eigenvalue weighted by Crippen LogP contribution is 2.36. The summed E-state index contributed by atoms with van der Waals surface area (Å²) in [4.78, 5) is 24.5. The van der Waals surface area contributed by atoms with Gasteiger partial charge in [-0.25, -0.2) is 13.3 Å². The number of nitrogens with zero attached hydrogens (tertiary/aromatic N) is 1. The fourth-order valence-electron chi connectivity index (χ4n) is 4.34. The van der Waals surface area contributed by atoms with E-state index < -0.39 is 52.2 Å². The SMILES string of the molecule is CCN(CC1CCC(COC(=O)Nc2ccccc2)CC1)S(=O)NC(=O)c1cc(C(F)(F)F)cc(C(F)(F)F)c1. The first-order valence-corrected chi connectivity index (χ1v) is 13.6. The first kappa shape index (κ1) is 31.4. The molecule has 14 heteroatoms. The van der Waals surface area contributed by atoms with Crippen molar-refractivity contribution >= 4 is 28.9 Å². The summed E-state index contributed by atoms with van der Waals surface area (Å²) in [5.41, 5.74) is -3.55. The summed E-state index contributed by atoms with van der Waals surface area (Å²) in [5.74, 6) is -1.09. The van der Waals surface area contributed by atoms with Crippen molar-refractivity contribution in [3.63, 3.8) is 0 Å². The molecule has 1 aliphatic rings. The Labute approximate surface area is 230 Å². The predicted octanol–water partition coefficient (Wildman–Crippen LogP) is 6.41. The van der Waals surface area contributed by atoms with Gasteiger partial charge in [0.1, 0.15) is 0 Å². The molecule has 7 nitrogen and oxygen atoms in total. The Morgan fingerprint density at radius 2 is 1.48 bits per heavy atom. The van der Waals surface area contributed by atoms with E-state index in [1.807, 2.05) is 10.8 Å². The number of ether oxygens (including phenoxy) is 1. The fraction of sp³-hybridized carbons (Fsp3) is 0.462. The molecule has 40 heavy (non-hydrogen) atoms. The zero-order valence-corrected chi connectivity index (χ0v) is 22.3. The van der Waals surface area contributed by atoms with Gasteiger partial charge < -0.3 is 4.74 Å². The molecular formula is C26H29F6N3O4S. The maximum absolute atomic E-state index is 13.1. The van der Waals surface area contributed by atoms with Crippen molar-refractivity contribution in [2.24, 2.45) is 11.8 Å². The smallest absolute Gasteiger partial charge is 0.416 e. The minimum absolute atomic E-state index is 0.0802. The minimum Gasteiger partial charge on any atom is -0.449 e. The van der Waals surface area contributed by atoms with Gasteiger partial charge in [-0.15, -0.1) is 0 Å². The molecule has 2 N–H and O–H groups in total. The topological polar surface area (TPSA) is 87.7 Å². The van der Waals surface area contributed by atoms with Crippen molar-refractivity contribution in [1.82, 2.24) is 9.03 Å². The molecule has 0 spiro atoms. The number of hydrogen-bond acceptors (Lipinski definition) is 4. The van der Waals surface area contributed by atoms with Gasteiger partial charge in [0, 0.05) is 24.3 Å². The van der Waals surface area contributed by atoms with Gasteiger partial charge in [-0.3, -0.25) is 14.8 Å². The number of halogens is 6. The summed E-state index contributed by atoms with van der Waals surface area (Å²) in [7, 11) is 0. The van der Waals surface area contributed by atoms with Gasteiger partial charge in [0.15, 0.2) is 11.2 Å². The highest BCUT2D eigenvalue weighted by Gasteiger charge is 2.38. The Morgan fingerprint density at radius 1 is 0.925 bits per heavy atom. The van der Waals surface area contributed by atoms with Crippen LogP contribution in [-0.2, 0) is 28.3 Å². The van der Waals surface area contributed by atoms with Crippen molar-refractivity contribution in [3.8, 4) is 0 Å². The van der Waals surface area contributed by atoms with Gasteiger partial charge in [-0.05, 0) is 67.9 Å².